The fourth-order valence-corrected chi connectivity index (χ4v) is 2.54. The van der Waals surface area contributed by atoms with Gasteiger partial charge in [-0.25, -0.2) is 4.39 Å². The van der Waals surface area contributed by atoms with E-state index >= 15 is 0 Å². The van der Waals surface area contributed by atoms with Crippen LogP contribution in [0.1, 0.15) is 31.7 Å². The fourth-order valence-electron chi connectivity index (χ4n) is 2.54. The first-order valence-electron chi connectivity index (χ1n) is 7.62. The Labute approximate surface area is 120 Å². The number of piperidine rings is 1. The van der Waals surface area contributed by atoms with Crippen molar-refractivity contribution >= 4 is 0 Å². The van der Waals surface area contributed by atoms with E-state index in [-0.39, 0.29) is 5.82 Å². The second-order valence-corrected chi connectivity index (χ2v) is 5.42. The molecule has 1 fully saturated rings. The van der Waals surface area contributed by atoms with Crippen LogP contribution in [-0.2, 0) is 6.54 Å². The molecule has 0 aliphatic carbocycles. The largest absolute Gasteiger partial charge is 0.493 e. The maximum atomic E-state index is 13.4. The van der Waals surface area contributed by atoms with Crippen molar-refractivity contribution in [1.29, 1.82) is 0 Å². The molecule has 0 bridgehead atoms. The molecule has 4 heteroatoms. The predicted octanol–water partition coefficient (Wildman–Crippen LogP) is 2.70. The van der Waals surface area contributed by atoms with Gasteiger partial charge < -0.3 is 15.4 Å². The van der Waals surface area contributed by atoms with E-state index in [1.165, 1.54) is 18.9 Å². The number of nitrogens with one attached hydrogen (secondary N) is 2. The van der Waals surface area contributed by atoms with Gasteiger partial charge in [-0.15, -0.1) is 0 Å². The minimum atomic E-state index is -0.201. The van der Waals surface area contributed by atoms with E-state index in [0.29, 0.717) is 13.2 Å². The lowest BCUT2D eigenvalue weighted by Crippen LogP contribution is -2.33. The molecule has 112 valence electrons. The van der Waals surface area contributed by atoms with Crippen LogP contribution in [-0.4, -0.2) is 26.2 Å². The highest BCUT2D eigenvalue weighted by Gasteiger charge is 2.13. The standard InChI is InChI=1S/C16H25FN2O/c1-2-9-20-16-4-3-15(17)10-14(16)12-19-11-13-5-7-18-8-6-13/h3-4,10,13,18-19H,2,5-9,11-12H2,1H3. The molecule has 0 atom stereocenters. The molecule has 0 radical (unpaired) electrons. The van der Waals surface area contributed by atoms with E-state index in [4.69, 9.17) is 4.74 Å². The highest BCUT2D eigenvalue weighted by atomic mass is 19.1. The summed E-state index contributed by atoms with van der Waals surface area (Å²) in [7, 11) is 0. The molecule has 1 aromatic carbocycles. The summed E-state index contributed by atoms with van der Waals surface area (Å²) in [4.78, 5) is 0. The van der Waals surface area contributed by atoms with Gasteiger partial charge in [-0.1, -0.05) is 6.92 Å². The lowest BCUT2D eigenvalue weighted by Gasteiger charge is -2.23. The van der Waals surface area contributed by atoms with Crippen LogP contribution in [0.3, 0.4) is 0 Å². The summed E-state index contributed by atoms with van der Waals surface area (Å²) in [6, 6.07) is 4.76. The minimum absolute atomic E-state index is 0.201. The molecule has 20 heavy (non-hydrogen) atoms. The summed E-state index contributed by atoms with van der Waals surface area (Å²) in [5, 5.41) is 6.81. The second-order valence-electron chi connectivity index (χ2n) is 5.42. The average molecular weight is 280 g/mol. The lowest BCUT2D eigenvalue weighted by molar-refractivity contribution is 0.311. The summed E-state index contributed by atoms with van der Waals surface area (Å²) in [6.45, 7) is 6.62. The van der Waals surface area contributed by atoms with Gasteiger partial charge in [0, 0.05) is 12.1 Å². The molecule has 2 N–H and O–H groups in total. The maximum absolute atomic E-state index is 13.4. The Kier molecular flexibility index (Phi) is 6.27. The van der Waals surface area contributed by atoms with E-state index in [1.807, 2.05) is 0 Å². The zero-order valence-corrected chi connectivity index (χ0v) is 12.3. The fraction of sp³-hybridized carbons (Fsp3) is 0.625. The summed E-state index contributed by atoms with van der Waals surface area (Å²) in [5.41, 5.74) is 0.910. The highest BCUT2D eigenvalue weighted by molar-refractivity contribution is 5.33. The molecule has 0 aromatic heterocycles. The van der Waals surface area contributed by atoms with Crippen molar-refractivity contribution in [3.8, 4) is 5.75 Å². The molecule has 2 rings (SSSR count). The normalized spacial score (nSPS) is 16.3. The Balaban J connectivity index is 1.85. The molecule has 0 amide bonds. The second kappa shape index (κ2) is 8.22. The third-order valence-electron chi connectivity index (χ3n) is 3.69. The quantitative estimate of drug-likeness (QED) is 0.805. The molecule has 0 spiro atoms. The Morgan fingerprint density at radius 1 is 1.35 bits per heavy atom. The molecular weight excluding hydrogens is 255 g/mol. The Morgan fingerprint density at radius 3 is 2.90 bits per heavy atom. The molecule has 1 saturated heterocycles. The molecule has 0 saturated carbocycles. The highest BCUT2D eigenvalue weighted by Crippen LogP contribution is 2.20. The van der Waals surface area contributed by atoms with Crippen LogP contribution in [0.25, 0.3) is 0 Å². The zero-order valence-electron chi connectivity index (χ0n) is 12.3. The van der Waals surface area contributed by atoms with E-state index in [2.05, 4.69) is 17.6 Å². The maximum Gasteiger partial charge on any atom is 0.123 e. The van der Waals surface area contributed by atoms with Gasteiger partial charge in [-0.05, 0) is 63.0 Å². The van der Waals surface area contributed by atoms with E-state index in [1.54, 1.807) is 12.1 Å². The molecule has 1 aliphatic rings. The monoisotopic (exact) mass is 280 g/mol. The van der Waals surface area contributed by atoms with Gasteiger partial charge in [-0.3, -0.25) is 0 Å². The number of halogens is 1. The van der Waals surface area contributed by atoms with Crippen molar-refractivity contribution < 1.29 is 9.13 Å². The Morgan fingerprint density at radius 2 is 2.15 bits per heavy atom. The first kappa shape index (κ1) is 15.3. The van der Waals surface area contributed by atoms with Crippen LogP contribution in [0.4, 0.5) is 4.39 Å². The summed E-state index contributed by atoms with van der Waals surface area (Å²) >= 11 is 0. The van der Waals surface area contributed by atoms with Gasteiger partial charge in [-0.2, -0.15) is 0 Å². The van der Waals surface area contributed by atoms with Gasteiger partial charge in [0.1, 0.15) is 11.6 Å². The molecule has 1 aliphatic heterocycles. The van der Waals surface area contributed by atoms with Crippen molar-refractivity contribution in [2.24, 2.45) is 5.92 Å². The third kappa shape index (κ3) is 4.76. The number of hydrogen-bond donors (Lipinski definition) is 2. The summed E-state index contributed by atoms with van der Waals surface area (Å²) in [6.07, 6.45) is 3.39. The number of ether oxygens (including phenoxy) is 1. The zero-order chi connectivity index (χ0) is 14.2. The Bertz CT molecular complexity index is 405. The number of benzene rings is 1. The molecular formula is C16H25FN2O. The van der Waals surface area contributed by atoms with Crippen molar-refractivity contribution in [1.82, 2.24) is 10.6 Å². The minimum Gasteiger partial charge on any atom is -0.493 e. The van der Waals surface area contributed by atoms with E-state index in [9.17, 15) is 4.39 Å². The van der Waals surface area contributed by atoms with Gasteiger partial charge in [0.05, 0.1) is 6.61 Å². The van der Waals surface area contributed by atoms with Gasteiger partial charge in [0.2, 0.25) is 0 Å². The third-order valence-corrected chi connectivity index (χ3v) is 3.69. The van der Waals surface area contributed by atoms with Crippen LogP contribution in [0.2, 0.25) is 0 Å². The van der Waals surface area contributed by atoms with Crippen LogP contribution in [0, 0.1) is 11.7 Å². The number of rotatable bonds is 7. The van der Waals surface area contributed by atoms with Crippen molar-refractivity contribution in [3.05, 3.63) is 29.6 Å². The number of hydrogen-bond acceptors (Lipinski definition) is 3. The molecule has 0 unspecified atom stereocenters. The molecule has 1 heterocycles. The van der Waals surface area contributed by atoms with Crippen LogP contribution < -0.4 is 15.4 Å². The van der Waals surface area contributed by atoms with Gasteiger partial charge in [0.25, 0.3) is 0 Å². The molecule has 1 aromatic rings. The first-order valence-corrected chi connectivity index (χ1v) is 7.62. The van der Waals surface area contributed by atoms with E-state index in [0.717, 1.165) is 43.3 Å². The Hall–Kier alpha value is -1.13. The first-order chi connectivity index (χ1) is 9.79. The van der Waals surface area contributed by atoms with Crippen LogP contribution in [0.5, 0.6) is 5.75 Å². The van der Waals surface area contributed by atoms with E-state index < -0.39 is 0 Å². The van der Waals surface area contributed by atoms with Gasteiger partial charge >= 0.3 is 0 Å². The van der Waals surface area contributed by atoms with Crippen molar-refractivity contribution in [2.45, 2.75) is 32.7 Å². The summed E-state index contributed by atoms with van der Waals surface area (Å²) in [5.74, 6) is 1.32. The SMILES string of the molecule is CCCOc1ccc(F)cc1CNCC1CCNCC1. The average Bonchev–Trinajstić information content (AvgIpc) is 2.47. The lowest BCUT2D eigenvalue weighted by atomic mass is 9.98. The molecule has 3 nitrogen and oxygen atoms in total. The van der Waals surface area contributed by atoms with Crippen molar-refractivity contribution in [3.63, 3.8) is 0 Å². The van der Waals surface area contributed by atoms with Gasteiger partial charge in [0.15, 0.2) is 0 Å². The van der Waals surface area contributed by atoms with Crippen molar-refractivity contribution in [2.75, 3.05) is 26.2 Å². The smallest absolute Gasteiger partial charge is 0.123 e. The van der Waals surface area contributed by atoms with Crippen LogP contribution in [0.15, 0.2) is 18.2 Å². The summed E-state index contributed by atoms with van der Waals surface area (Å²) < 4.78 is 19.0. The predicted molar refractivity (Wildman–Crippen MR) is 79.5 cm³/mol. The topological polar surface area (TPSA) is 33.3 Å². The van der Waals surface area contributed by atoms with Crippen LogP contribution >= 0.6 is 0 Å².